The van der Waals surface area contributed by atoms with Crippen LogP contribution in [0.1, 0.15) is 28.9 Å². The Bertz CT molecular complexity index is 763. The number of rotatable bonds is 7. The van der Waals surface area contributed by atoms with Crippen molar-refractivity contribution in [1.82, 2.24) is 10.2 Å². The third-order valence-electron chi connectivity index (χ3n) is 4.61. The first-order valence-corrected chi connectivity index (χ1v) is 9.64. The average molecular weight is 389 g/mol. The number of carbonyl (C=O) groups excluding carboxylic acids is 1. The third kappa shape index (κ3) is 5.22. The molecule has 1 saturated heterocycles. The van der Waals surface area contributed by atoms with E-state index in [1.165, 1.54) is 0 Å². The van der Waals surface area contributed by atoms with Crippen LogP contribution in [-0.4, -0.2) is 50.3 Å². The van der Waals surface area contributed by atoms with Gasteiger partial charge in [-0.05, 0) is 36.8 Å². The number of hydrogen-bond acceptors (Lipinski definition) is 4. The lowest BCUT2D eigenvalue weighted by Gasteiger charge is -2.35. The van der Waals surface area contributed by atoms with Gasteiger partial charge in [0, 0.05) is 30.2 Å². The molecular formula is C21H25ClN2O3. The van der Waals surface area contributed by atoms with Crippen LogP contribution in [0.25, 0.3) is 0 Å². The van der Waals surface area contributed by atoms with E-state index in [9.17, 15) is 4.79 Å². The molecule has 0 aliphatic carbocycles. The fourth-order valence-electron chi connectivity index (χ4n) is 3.26. The van der Waals surface area contributed by atoms with Crippen LogP contribution in [-0.2, 0) is 4.74 Å². The van der Waals surface area contributed by atoms with Crippen molar-refractivity contribution in [3.63, 3.8) is 0 Å². The maximum Gasteiger partial charge on any atom is 0.251 e. The lowest BCUT2D eigenvalue weighted by Crippen LogP contribution is -2.44. The summed E-state index contributed by atoms with van der Waals surface area (Å²) in [4.78, 5) is 15.0. The molecular weight excluding hydrogens is 364 g/mol. The van der Waals surface area contributed by atoms with Gasteiger partial charge in [0.15, 0.2) is 0 Å². The molecule has 2 aromatic carbocycles. The number of nitrogens with one attached hydrogen (secondary N) is 1. The molecule has 1 aliphatic rings. The van der Waals surface area contributed by atoms with Crippen LogP contribution in [0.2, 0.25) is 5.02 Å². The first-order chi connectivity index (χ1) is 13.2. The van der Waals surface area contributed by atoms with E-state index in [1.54, 1.807) is 12.1 Å². The maximum absolute atomic E-state index is 12.7. The molecule has 2 aromatic rings. The first kappa shape index (κ1) is 19.7. The van der Waals surface area contributed by atoms with Gasteiger partial charge in [-0.15, -0.1) is 0 Å². The SMILES string of the molecule is CCOc1cccc(C(=O)NCC(c2ccccc2Cl)N2CCOCC2)c1. The van der Waals surface area contributed by atoms with E-state index in [1.807, 2.05) is 43.3 Å². The van der Waals surface area contributed by atoms with Crippen molar-refractivity contribution in [2.24, 2.45) is 0 Å². The van der Waals surface area contributed by atoms with E-state index >= 15 is 0 Å². The highest BCUT2D eigenvalue weighted by atomic mass is 35.5. The van der Waals surface area contributed by atoms with Crippen molar-refractivity contribution in [3.05, 3.63) is 64.7 Å². The van der Waals surface area contributed by atoms with Gasteiger partial charge in [0.25, 0.3) is 5.91 Å². The van der Waals surface area contributed by atoms with E-state index in [-0.39, 0.29) is 11.9 Å². The topological polar surface area (TPSA) is 50.8 Å². The van der Waals surface area contributed by atoms with Crippen LogP contribution in [0.3, 0.4) is 0 Å². The molecule has 0 aromatic heterocycles. The Balaban J connectivity index is 1.73. The van der Waals surface area contributed by atoms with E-state index < -0.39 is 0 Å². The fourth-order valence-corrected chi connectivity index (χ4v) is 3.52. The normalized spacial score (nSPS) is 15.9. The lowest BCUT2D eigenvalue weighted by atomic mass is 10.0. The number of carbonyl (C=O) groups is 1. The van der Waals surface area contributed by atoms with E-state index in [2.05, 4.69) is 10.2 Å². The zero-order valence-corrected chi connectivity index (χ0v) is 16.2. The summed E-state index contributed by atoms with van der Waals surface area (Å²) in [7, 11) is 0. The van der Waals surface area contributed by atoms with Crippen molar-refractivity contribution < 1.29 is 14.3 Å². The van der Waals surface area contributed by atoms with Crippen LogP contribution in [0.15, 0.2) is 48.5 Å². The Kier molecular flexibility index (Phi) is 7.10. The van der Waals surface area contributed by atoms with Crippen LogP contribution >= 0.6 is 11.6 Å². The summed E-state index contributed by atoms with van der Waals surface area (Å²) in [5.74, 6) is 0.572. The molecule has 1 N–H and O–H groups in total. The Morgan fingerprint density at radius 2 is 2.00 bits per heavy atom. The smallest absolute Gasteiger partial charge is 0.251 e. The lowest BCUT2D eigenvalue weighted by molar-refractivity contribution is 0.0162. The Morgan fingerprint density at radius 3 is 2.74 bits per heavy atom. The van der Waals surface area contributed by atoms with Crippen molar-refractivity contribution in [2.75, 3.05) is 39.5 Å². The molecule has 1 unspecified atom stereocenters. The third-order valence-corrected chi connectivity index (χ3v) is 4.96. The second-order valence-corrected chi connectivity index (χ2v) is 6.76. The van der Waals surface area contributed by atoms with Gasteiger partial charge in [-0.1, -0.05) is 35.9 Å². The number of halogens is 1. The number of nitrogens with zero attached hydrogens (tertiary/aromatic N) is 1. The molecule has 0 radical (unpaired) electrons. The number of hydrogen-bond donors (Lipinski definition) is 1. The van der Waals surface area contributed by atoms with Gasteiger partial charge < -0.3 is 14.8 Å². The molecule has 6 heteroatoms. The molecule has 0 bridgehead atoms. The maximum atomic E-state index is 12.7. The summed E-state index contributed by atoms with van der Waals surface area (Å²) in [5.41, 5.74) is 1.60. The van der Waals surface area contributed by atoms with Gasteiger partial charge in [-0.3, -0.25) is 9.69 Å². The van der Waals surface area contributed by atoms with Gasteiger partial charge in [0.1, 0.15) is 5.75 Å². The van der Waals surface area contributed by atoms with Gasteiger partial charge in [0.2, 0.25) is 0 Å². The molecule has 0 spiro atoms. The van der Waals surface area contributed by atoms with E-state index in [0.29, 0.717) is 42.7 Å². The molecule has 1 fully saturated rings. The standard InChI is InChI=1S/C21H25ClN2O3/c1-2-27-17-7-5-6-16(14-17)21(25)23-15-20(24-10-12-26-13-11-24)18-8-3-4-9-19(18)22/h3-9,14,20H,2,10-13,15H2,1H3,(H,23,25). The quantitative estimate of drug-likeness (QED) is 0.788. The molecule has 0 saturated carbocycles. The monoisotopic (exact) mass is 388 g/mol. The minimum atomic E-state index is -0.123. The highest BCUT2D eigenvalue weighted by Crippen LogP contribution is 2.28. The summed E-state index contributed by atoms with van der Waals surface area (Å²) >= 11 is 6.44. The van der Waals surface area contributed by atoms with Crippen LogP contribution in [0, 0.1) is 0 Å². The molecule has 1 atom stereocenters. The van der Waals surface area contributed by atoms with E-state index in [0.717, 1.165) is 18.7 Å². The molecule has 1 heterocycles. The summed E-state index contributed by atoms with van der Waals surface area (Å²) < 4.78 is 11.0. The average Bonchev–Trinajstić information content (AvgIpc) is 2.70. The van der Waals surface area contributed by atoms with Gasteiger partial charge in [-0.25, -0.2) is 0 Å². The highest BCUT2D eigenvalue weighted by Gasteiger charge is 2.25. The van der Waals surface area contributed by atoms with Gasteiger partial charge >= 0.3 is 0 Å². The largest absolute Gasteiger partial charge is 0.494 e. The summed E-state index contributed by atoms with van der Waals surface area (Å²) in [6.45, 7) is 5.95. The molecule has 5 nitrogen and oxygen atoms in total. The molecule has 1 amide bonds. The second-order valence-electron chi connectivity index (χ2n) is 6.36. The summed E-state index contributed by atoms with van der Waals surface area (Å²) in [6, 6.07) is 15.0. The molecule has 144 valence electrons. The zero-order valence-electron chi connectivity index (χ0n) is 15.5. The number of amides is 1. The van der Waals surface area contributed by atoms with Crippen LogP contribution < -0.4 is 10.1 Å². The summed E-state index contributed by atoms with van der Waals surface area (Å²) in [5, 5.41) is 3.77. The van der Waals surface area contributed by atoms with E-state index in [4.69, 9.17) is 21.1 Å². The van der Waals surface area contributed by atoms with Crippen LogP contribution in [0.5, 0.6) is 5.75 Å². The second kappa shape index (κ2) is 9.74. The number of benzene rings is 2. The van der Waals surface area contributed by atoms with Crippen LogP contribution in [0.4, 0.5) is 0 Å². The van der Waals surface area contributed by atoms with Crippen molar-refractivity contribution in [1.29, 1.82) is 0 Å². The number of ether oxygens (including phenoxy) is 2. The molecule has 27 heavy (non-hydrogen) atoms. The Morgan fingerprint density at radius 1 is 1.22 bits per heavy atom. The molecule has 1 aliphatic heterocycles. The van der Waals surface area contributed by atoms with Crippen molar-refractivity contribution in [3.8, 4) is 5.75 Å². The minimum absolute atomic E-state index is 0.00150. The predicted octanol–water partition coefficient (Wildman–Crippen LogP) is 3.54. The zero-order chi connectivity index (χ0) is 19.1. The molecule has 3 rings (SSSR count). The summed E-state index contributed by atoms with van der Waals surface area (Å²) in [6.07, 6.45) is 0. The highest BCUT2D eigenvalue weighted by molar-refractivity contribution is 6.31. The first-order valence-electron chi connectivity index (χ1n) is 9.26. The Labute approximate surface area is 165 Å². The number of morpholine rings is 1. The van der Waals surface area contributed by atoms with Crippen molar-refractivity contribution in [2.45, 2.75) is 13.0 Å². The fraction of sp³-hybridized carbons (Fsp3) is 0.381. The van der Waals surface area contributed by atoms with Gasteiger partial charge in [0.05, 0.1) is 25.9 Å². The Hall–Kier alpha value is -2.08. The predicted molar refractivity (Wildman–Crippen MR) is 107 cm³/mol. The van der Waals surface area contributed by atoms with Gasteiger partial charge in [-0.2, -0.15) is 0 Å². The minimum Gasteiger partial charge on any atom is -0.494 e. The van der Waals surface area contributed by atoms with Crippen molar-refractivity contribution >= 4 is 17.5 Å².